The molecule has 0 amide bonds. The van der Waals surface area contributed by atoms with Crippen molar-refractivity contribution < 1.29 is 5.11 Å². The van der Waals surface area contributed by atoms with Crippen molar-refractivity contribution in [1.82, 2.24) is 30.2 Å². The van der Waals surface area contributed by atoms with Gasteiger partial charge in [0.15, 0.2) is 11.6 Å². The zero-order chi connectivity index (χ0) is 21.7. The molecule has 8 heteroatoms. The fourth-order valence-electron chi connectivity index (χ4n) is 3.13. The van der Waals surface area contributed by atoms with E-state index >= 15 is 0 Å². The summed E-state index contributed by atoms with van der Waals surface area (Å²) in [5.41, 5.74) is 1.46. The summed E-state index contributed by atoms with van der Waals surface area (Å²) >= 11 is 0. The van der Waals surface area contributed by atoms with E-state index in [0.29, 0.717) is 24.2 Å². The Kier molecular flexibility index (Phi) is 9.28. The summed E-state index contributed by atoms with van der Waals surface area (Å²) in [5, 5.41) is 11.6. The Morgan fingerprint density at radius 2 is 1.45 bits per heavy atom. The number of nitrogens with one attached hydrogen (secondary N) is 1. The summed E-state index contributed by atoms with van der Waals surface area (Å²) in [6.07, 6.45) is 8.16. The monoisotopic (exact) mass is 421 g/mol. The number of hydrogen-bond donors (Lipinski definition) is 2. The van der Waals surface area contributed by atoms with Crippen LogP contribution in [0.3, 0.4) is 0 Å². The molecule has 0 radical (unpaired) electrons. The van der Waals surface area contributed by atoms with Crippen molar-refractivity contribution in [1.29, 1.82) is 0 Å². The lowest BCUT2D eigenvalue weighted by atomic mass is 10.2. The van der Waals surface area contributed by atoms with E-state index in [4.69, 9.17) is 5.11 Å². The predicted octanol–water partition coefficient (Wildman–Crippen LogP) is 2.96. The van der Waals surface area contributed by atoms with Crippen LogP contribution in [0.4, 0.5) is 5.95 Å². The number of piperazine rings is 1. The Bertz CT molecular complexity index is 825. The lowest BCUT2D eigenvalue weighted by molar-refractivity contribution is 0.283. The van der Waals surface area contributed by atoms with Crippen LogP contribution in [0.25, 0.3) is 23.0 Å². The van der Waals surface area contributed by atoms with Gasteiger partial charge in [0.05, 0.1) is 0 Å². The fourth-order valence-corrected chi connectivity index (χ4v) is 3.13. The minimum absolute atomic E-state index is 0.361. The van der Waals surface area contributed by atoms with E-state index in [-0.39, 0.29) is 0 Å². The molecule has 0 bridgehead atoms. The van der Waals surface area contributed by atoms with E-state index < -0.39 is 0 Å². The summed E-state index contributed by atoms with van der Waals surface area (Å²) in [6.45, 7) is 6.10. The number of aliphatic hydroxyl groups excluding tert-OH is 1. The maximum Gasteiger partial charge on any atom is 0.229 e. The van der Waals surface area contributed by atoms with Crippen molar-refractivity contribution in [2.75, 3.05) is 37.7 Å². The first-order chi connectivity index (χ1) is 15.3. The second-order valence-electron chi connectivity index (χ2n) is 7.23. The Balaban J connectivity index is 0.000000339. The van der Waals surface area contributed by atoms with E-state index in [0.717, 1.165) is 44.0 Å². The zero-order valence-corrected chi connectivity index (χ0v) is 18.1. The van der Waals surface area contributed by atoms with Crippen molar-refractivity contribution in [3.63, 3.8) is 0 Å². The molecule has 0 saturated carbocycles. The van der Waals surface area contributed by atoms with Crippen LogP contribution in [0.5, 0.6) is 0 Å². The lowest BCUT2D eigenvalue weighted by Crippen LogP contribution is -2.44. The third-order valence-corrected chi connectivity index (χ3v) is 4.82. The maximum atomic E-state index is 8.29. The smallest absolute Gasteiger partial charge is 0.229 e. The van der Waals surface area contributed by atoms with E-state index in [1.54, 1.807) is 12.4 Å². The van der Waals surface area contributed by atoms with Crippen molar-refractivity contribution in [3.05, 3.63) is 48.8 Å². The third-order valence-electron chi connectivity index (χ3n) is 4.82. The lowest BCUT2D eigenvalue weighted by Gasteiger charge is -2.27. The van der Waals surface area contributed by atoms with Gasteiger partial charge in [-0.3, -0.25) is 9.97 Å². The molecule has 4 heterocycles. The first-order valence-corrected chi connectivity index (χ1v) is 11.0. The van der Waals surface area contributed by atoms with E-state index in [9.17, 15) is 0 Å². The molecule has 1 fully saturated rings. The molecule has 0 aliphatic carbocycles. The molecule has 0 atom stereocenters. The van der Waals surface area contributed by atoms with Gasteiger partial charge in [-0.25, -0.2) is 4.98 Å². The summed E-state index contributed by atoms with van der Waals surface area (Å²) in [7, 11) is 0. The number of anilines is 1. The number of aromatic nitrogens is 5. The molecule has 0 spiro atoms. The number of unbranched alkanes of at least 4 members (excludes halogenated alkanes) is 3. The molecule has 4 rings (SSSR count). The number of nitrogens with zero attached hydrogens (tertiary/aromatic N) is 6. The molecule has 164 valence electrons. The second-order valence-corrected chi connectivity index (χ2v) is 7.23. The van der Waals surface area contributed by atoms with E-state index in [1.165, 1.54) is 19.3 Å². The average Bonchev–Trinajstić information content (AvgIpc) is 2.86. The summed E-state index contributed by atoms with van der Waals surface area (Å²) in [6, 6.07) is 11.4. The molecule has 2 N–H and O–H groups in total. The topological polar surface area (TPSA) is 100.0 Å². The van der Waals surface area contributed by atoms with Crippen molar-refractivity contribution in [2.24, 2.45) is 0 Å². The van der Waals surface area contributed by atoms with Gasteiger partial charge >= 0.3 is 0 Å². The molecule has 0 unspecified atom stereocenters. The van der Waals surface area contributed by atoms with E-state index in [2.05, 4.69) is 42.1 Å². The van der Waals surface area contributed by atoms with Gasteiger partial charge in [0.25, 0.3) is 0 Å². The molecule has 1 saturated heterocycles. The number of rotatable bonds is 7. The molecule has 1 aliphatic heterocycles. The van der Waals surface area contributed by atoms with Crippen LogP contribution in [-0.4, -0.2) is 62.8 Å². The highest BCUT2D eigenvalue weighted by atomic mass is 16.2. The largest absolute Gasteiger partial charge is 0.396 e. The van der Waals surface area contributed by atoms with Gasteiger partial charge in [0, 0.05) is 45.2 Å². The summed E-state index contributed by atoms with van der Waals surface area (Å²) < 4.78 is 0. The summed E-state index contributed by atoms with van der Waals surface area (Å²) in [5.74, 6) is 1.81. The number of aliphatic hydroxyl groups is 1. The molecular formula is C23H31N7O. The highest BCUT2D eigenvalue weighted by molar-refractivity contribution is 5.58. The second kappa shape index (κ2) is 12.7. The van der Waals surface area contributed by atoms with Gasteiger partial charge in [-0.2, -0.15) is 9.97 Å². The standard InChI is InChI=1S/C17H17N7.C6H14O/c1-3-7-19-13(5-1)15-21-16(14-6-2-4-8-20-14)23-17(22-15)24-11-9-18-10-12-24;1-2-3-4-5-6-7/h1-8,18H,9-12H2;7H,2-6H2,1H3. The van der Waals surface area contributed by atoms with Gasteiger partial charge in [0.1, 0.15) is 11.4 Å². The van der Waals surface area contributed by atoms with Gasteiger partial charge in [-0.15, -0.1) is 0 Å². The average molecular weight is 422 g/mol. The minimum Gasteiger partial charge on any atom is -0.396 e. The highest BCUT2D eigenvalue weighted by Crippen LogP contribution is 2.20. The molecule has 1 aliphatic rings. The quantitative estimate of drug-likeness (QED) is 0.562. The molecular weight excluding hydrogens is 390 g/mol. The maximum absolute atomic E-state index is 8.29. The SMILES string of the molecule is CCCCCCO.c1ccc(-c2nc(-c3ccccn3)nc(N3CCNCC3)n2)nc1. The third kappa shape index (κ3) is 7.04. The first-order valence-electron chi connectivity index (χ1n) is 11.0. The normalized spacial score (nSPS) is 13.4. The fraction of sp³-hybridized carbons (Fsp3) is 0.435. The van der Waals surface area contributed by atoms with Crippen LogP contribution < -0.4 is 10.2 Å². The van der Waals surface area contributed by atoms with Gasteiger partial charge in [0.2, 0.25) is 5.95 Å². The van der Waals surface area contributed by atoms with E-state index in [1.807, 2.05) is 36.4 Å². The van der Waals surface area contributed by atoms with Crippen molar-refractivity contribution in [3.8, 4) is 23.0 Å². The molecule has 0 aromatic carbocycles. The zero-order valence-electron chi connectivity index (χ0n) is 18.1. The number of hydrogen-bond acceptors (Lipinski definition) is 8. The Labute approximate surface area is 183 Å². The van der Waals surface area contributed by atoms with Crippen LogP contribution in [0.15, 0.2) is 48.8 Å². The van der Waals surface area contributed by atoms with Gasteiger partial charge < -0.3 is 15.3 Å². The van der Waals surface area contributed by atoms with Crippen LogP contribution in [0.2, 0.25) is 0 Å². The van der Waals surface area contributed by atoms with Crippen LogP contribution in [0.1, 0.15) is 32.6 Å². The molecule has 3 aromatic heterocycles. The van der Waals surface area contributed by atoms with Crippen LogP contribution >= 0.6 is 0 Å². The predicted molar refractivity (Wildman–Crippen MR) is 123 cm³/mol. The van der Waals surface area contributed by atoms with Crippen molar-refractivity contribution in [2.45, 2.75) is 32.6 Å². The number of pyridine rings is 2. The molecule has 3 aromatic rings. The van der Waals surface area contributed by atoms with Crippen molar-refractivity contribution >= 4 is 5.95 Å². The first kappa shape index (κ1) is 22.7. The highest BCUT2D eigenvalue weighted by Gasteiger charge is 2.18. The molecule has 8 nitrogen and oxygen atoms in total. The van der Waals surface area contributed by atoms with Crippen LogP contribution in [-0.2, 0) is 0 Å². The summed E-state index contributed by atoms with van der Waals surface area (Å²) in [4.78, 5) is 24.8. The Morgan fingerprint density at radius 3 is 1.94 bits per heavy atom. The molecule has 31 heavy (non-hydrogen) atoms. The van der Waals surface area contributed by atoms with Crippen LogP contribution in [0, 0.1) is 0 Å². The van der Waals surface area contributed by atoms with Gasteiger partial charge in [-0.05, 0) is 30.7 Å². The Morgan fingerprint density at radius 1 is 0.839 bits per heavy atom. The minimum atomic E-state index is 0.361. The Hall–Kier alpha value is -2.97. The van der Waals surface area contributed by atoms with Gasteiger partial charge in [-0.1, -0.05) is 38.3 Å².